The second kappa shape index (κ2) is 6.10. The van der Waals surface area contributed by atoms with E-state index < -0.39 is 11.9 Å². The zero-order valence-electron chi connectivity index (χ0n) is 9.58. The first kappa shape index (κ1) is 13.3. The van der Waals surface area contributed by atoms with Crippen molar-refractivity contribution >= 4 is 23.5 Å². The first-order valence-electron chi connectivity index (χ1n) is 5.11. The van der Waals surface area contributed by atoms with Gasteiger partial charge in [0.15, 0.2) is 0 Å². The Balaban J connectivity index is 2.45. The molecule has 0 aliphatic heterocycles. The fraction of sp³-hybridized carbons (Fsp3) is 0.273. The summed E-state index contributed by atoms with van der Waals surface area (Å²) in [6.07, 6.45) is 0. The minimum atomic E-state index is -0.456. The third kappa shape index (κ3) is 4.74. The van der Waals surface area contributed by atoms with Crippen molar-refractivity contribution in [2.45, 2.75) is 19.9 Å². The molecule has 6 heteroatoms. The Bertz CT molecular complexity index is 404. The van der Waals surface area contributed by atoms with E-state index in [1.54, 1.807) is 24.3 Å². The predicted molar refractivity (Wildman–Crippen MR) is 65.7 cm³/mol. The summed E-state index contributed by atoms with van der Waals surface area (Å²) in [5.74, 6) is -0.402. The number of hydrogen-bond donors (Lipinski definition) is 3. The molecule has 3 N–H and O–H groups in total. The predicted octanol–water partition coefficient (Wildman–Crippen LogP) is 1.69. The molecule has 0 bridgehead atoms. The SMILES string of the molecule is CC(C)NC(=O)NNC(=O)c1ccc(Cl)cc1. The van der Waals surface area contributed by atoms with Gasteiger partial charge in [-0.15, -0.1) is 0 Å². The second-order valence-electron chi connectivity index (χ2n) is 3.71. The molecule has 0 aliphatic carbocycles. The molecule has 1 aromatic carbocycles. The maximum Gasteiger partial charge on any atom is 0.333 e. The summed E-state index contributed by atoms with van der Waals surface area (Å²) >= 11 is 5.69. The number of halogens is 1. The summed E-state index contributed by atoms with van der Waals surface area (Å²) in [7, 11) is 0. The molecule has 0 unspecified atom stereocenters. The van der Waals surface area contributed by atoms with Crippen LogP contribution in [0.2, 0.25) is 5.02 Å². The lowest BCUT2D eigenvalue weighted by Crippen LogP contribution is -2.48. The first-order chi connectivity index (χ1) is 7.99. The van der Waals surface area contributed by atoms with Crippen LogP contribution in [0.15, 0.2) is 24.3 Å². The van der Waals surface area contributed by atoms with Gasteiger partial charge in [0.2, 0.25) is 0 Å². The van der Waals surface area contributed by atoms with Gasteiger partial charge in [-0.2, -0.15) is 0 Å². The Morgan fingerprint density at radius 1 is 1.12 bits per heavy atom. The molecule has 0 fully saturated rings. The maximum absolute atomic E-state index is 11.5. The van der Waals surface area contributed by atoms with E-state index in [0.717, 1.165) is 0 Å². The van der Waals surface area contributed by atoms with Crippen molar-refractivity contribution in [3.05, 3.63) is 34.9 Å². The zero-order valence-corrected chi connectivity index (χ0v) is 10.3. The average Bonchev–Trinajstić information content (AvgIpc) is 2.26. The van der Waals surface area contributed by atoms with Gasteiger partial charge in [0.25, 0.3) is 5.91 Å². The molecule has 17 heavy (non-hydrogen) atoms. The highest BCUT2D eigenvalue weighted by atomic mass is 35.5. The van der Waals surface area contributed by atoms with Crippen molar-refractivity contribution < 1.29 is 9.59 Å². The van der Waals surface area contributed by atoms with E-state index in [-0.39, 0.29) is 6.04 Å². The third-order valence-electron chi connectivity index (χ3n) is 1.82. The second-order valence-corrected chi connectivity index (χ2v) is 4.15. The highest BCUT2D eigenvalue weighted by Gasteiger charge is 2.07. The van der Waals surface area contributed by atoms with Gasteiger partial charge < -0.3 is 5.32 Å². The van der Waals surface area contributed by atoms with Gasteiger partial charge in [0, 0.05) is 16.6 Å². The van der Waals surface area contributed by atoms with Gasteiger partial charge in [-0.25, -0.2) is 10.2 Å². The maximum atomic E-state index is 11.5. The van der Waals surface area contributed by atoms with Crippen LogP contribution in [0.4, 0.5) is 4.79 Å². The van der Waals surface area contributed by atoms with Crippen LogP contribution in [0, 0.1) is 0 Å². The number of amides is 3. The Morgan fingerprint density at radius 3 is 2.24 bits per heavy atom. The summed E-state index contributed by atoms with van der Waals surface area (Å²) in [6, 6.07) is 5.89. The van der Waals surface area contributed by atoms with Crippen LogP contribution in [0.3, 0.4) is 0 Å². The highest BCUT2D eigenvalue weighted by molar-refractivity contribution is 6.30. The summed E-state index contributed by atoms with van der Waals surface area (Å²) < 4.78 is 0. The summed E-state index contributed by atoms with van der Waals surface area (Å²) in [5.41, 5.74) is 4.94. The molecule has 0 spiro atoms. The van der Waals surface area contributed by atoms with E-state index in [1.807, 2.05) is 13.8 Å². The van der Waals surface area contributed by atoms with E-state index in [1.165, 1.54) is 0 Å². The average molecular weight is 256 g/mol. The number of rotatable bonds is 2. The van der Waals surface area contributed by atoms with Crippen LogP contribution in [-0.4, -0.2) is 18.0 Å². The quantitative estimate of drug-likeness (QED) is 0.704. The molecule has 0 aliphatic rings. The van der Waals surface area contributed by atoms with Crippen molar-refractivity contribution in [1.29, 1.82) is 0 Å². The highest BCUT2D eigenvalue weighted by Crippen LogP contribution is 2.08. The lowest BCUT2D eigenvalue weighted by molar-refractivity contribution is 0.0936. The lowest BCUT2D eigenvalue weighted by Gasteiger charge is -2.10. The molecule has 0 heterocycles. The molecule has 5 nitrogen and oxygen atoms in total. The lowest BCUT2D eigenvalue weighted by atomic mass is 10.2. The Morgan fingerprint density at radius 2 is 1.71 bits per heavy atom. The molecule has 0 aromatic heterocycles. The van der Waals surface area contributed by atoms with Crippen molar-refractivity contribution in [2.24, 2.45) is 0 Å². The van der Waals surface area contributed by atoms with Crippen molar-refractivity contribution in [3.63, 3.8) is 0 Å². The standard InChI is InChI=1S/C11H14ClN3O2/c1-7(2)13-11(17)15-14-10(16)8-3-5-9(12)6-4-8/h3-7H,1-2H3,(H,14,16)(H2,13,15,17). The smallest absolute Gasteiger partial charge is 0.333 e. The van der Waals surface area contributed by atoms with Gasteiger partial charge in [-0.05, 0) is 38.1 Å². The molecule has 1 aromatic rings. The third-order valence-corrected chi connectivity index (χ3v) is 2.07. The van der Waals surface area contributed by atoms with Crippen molar-refractivity contribution in [2.75, 3.05) is 0 Å². The molecular formula is C11H14ClN3O2. The molecule has 0 atom stereocenters. The molecular weight excluding hydrogens is 242 g/mol. The molecule has 0 saturated carbocycles. The van der Waals surface area contributed by atoms with Crippen molar-refractivity contribution in [1.82, 2.24) is 16.2 Å². The van der Waals surface area contributed by atoms with Crippen LogP contribution < -0.4 is 16.2 Å². The number of nitrogens with one attached hydrogen (secondary N) is 3. The van der Waals surface area contributed by atoms with Gasteiger partial charge in [-0.1, -0.05) is 11.6 Å². The Hall–Kier alpha value is -1.75. The topological polar surface area (TPSA) is 70.2 Å². The van der Waals surface area contributed by atoms with Gasteiger partial charge in [-0.3, -0.25) is 10.2 Å². The van der Waals surface area contributed by atoms with Crippen LogP contribution in [-0.2, 0) is 0 Å². The number of benzene rings is 1. The van der Waals surface area contributed by atoms with E-state index in [2.05, 4.69) is 16.2 Å². The number of urea groups is 1. The molecule has 0 radical (unpaired) electrons. The monoisotopic (exact) mass is 255 g/mol. The fourth-order valence-corrected chi connectivity index (χ4v) is 1.21. The van der Waals surface area contributed by atoms with E-state index in [0.29, 0.717) is 10.6 Å². The zero-order chi connectivity index (χ0) is 12.8. The van der Waals surface area contributed by atoms with Crippen LogP contribution in [0.5, 0.6) is 0 Å². The number of carbonyl (C=O) groups excluding carboxylic acids is 2. The summed E-state index contributed by atoms with van der Waals surface area (Å²) in [5, 5.41) is 3.12. The summed E-state index contributed by atoms with van der Waals surface area (Å²) in [4.78, 5) is 22.7. The Labute approximate surface area is 105 Å². The minimum absolute atomic E-state index is 0.00225. The molecule has 3 amide bonds. The van der Waals surface area contributed by atoms with Crippen LogP contribution >= 0.6 is 11.6 Å². The summed E-state index contributed by atoms with van der Waals surface area (Å²) in [6.45, 7) is 3.64. The minimum Gasteiger partial charge on any atom is -0.335 e. The number of hydrazine groups is 1. The van der Waals surface area contributed by atoms with Gasteiger partial charge in [0.1, 0.15) is 0 Å². The molecule has 0 saturated heterocycles. The normalized spacial score (nSPS) is 9.88. The molecule has 1 rings (SSSR count). The number of hydrogen-bond acceptors (Lipinski definition) is 2. The van der Waals surface area contributed by atoms with E-state index >= 15 is 0 Å². The number of carbonyl (C=O) groups is 2. The Kier molecular flexibility index (Phi) is 4.78. The first-order valence-corrected chi connectivity index (χ1v) is 5.49. The van der Waals surface area contributed by atoms with Crippen molar-refractivity contribution in [3.8, 4) is 0 Å². The fourth-order valence-electron chi connectivity index (χ4n) is 1.09. The van der Waals surface area contributed by atoms with E-state index in [4.69, 9.17) is 11.6 Å². The van der Waals surface area contributed by atoms with Crippen LogP contribution in [0.25, 0.3) is 0 Å². The van der Waals surface area contributed by atoms with Gasteiger partial charge >= 0.3 is 6.03 Å². The molecule has 92 valence electrons. The van der Waals surface area contributed by atoms with Gasteiger partial charge in [0.05, 0.1) is 0 Å². The van der Waals surface area contributed by atoms with Crippen LogP contribution in [0.1, 0.15) is 24.2 Å². The van der Waals surface area contributed by atoms with E-state index in [9.17, 15) is 9.59 Å². The largest absolute Gasteiger partial charge is 0.335 e.